The van der Waals surface area contributed by atoms with Crippen molar-refractivity contribution in [1.29, 1.82) is 0 Å². The molecule has 196 valence electrons. The van der Waals surface area contributed by atoms with Crippen molar-refractivity contribution in [3.8, 4) is 33.8 Å². The van der Waals surface area contributed by atoms with Crippen LogP contribution in [0.1, 0.15) is 0 Å². The van der Waals surface area contributed by atoms with E-state index in [0.717, 1.165) is 54.4 Å². The fraction of sp³-hybridized carbons (Fsp3) is 0.259. The Balaban J connectivity index is 0.000000163. The second kappa shape index (κ2) is 10.7. The predicted molar refractivity (Wildman–Crippen MR) is 147 cm³/mol. The molecule has 6 rings (SSSR count). The number of anilines is 3. The SMILES string of the molecule is COc1cncc(-c2cnc(Cl)cc2N)c1.COc1cncc(-c2cnc(N3CC4(COC4)C3)cc2N)c1. The van der Waals surface area contributed by atoms with Crippen LogP contribution in [0.5, 0.6) is 11.5 Å². The lowest BCUT2D eigenvalue weighted by Crippen LogP contribution is -2.66. The van der Waals surface area contributed by atoms with Gasteiger partial charge in [-0.25, -0.2) is 9.97 Å². The molecule has 2 saturated heterocycles. The zero-order valence-corrected chi connectivity index (χ0v) is 21.9. The lowest BCUT2D eigenvalue weighted by Gasteiger charge is -2.55. The van der Waals surface area contributed by atoms with Crippen LogP contribution >= 0.6 is 11.6 Å². The Labute approximate surface area is 225 Å². The zero-order valence-electron chi connectivity index (χ0n) is 21.1. The number of ether oxygens (including phenoxy) is 3. The van der Waals surface area contributed by atoms with Crippen LogP contribution in [0.15, 0.2) is 61.4 Å². The molecule has 11 heteroatoms. The van der Waals surface area contributed by atoms with E-state index < -0.39 is 0 Å². The molecule has 0 atom stereocenters. The van der Waals surface area contributed by atoms with Crippen LogP contribution < -0.4 is 25.8 Å². The first-order valence-corrected chi connectivity index (χ1v) is 12.3. The van der Waals surface area contributed by atoms with E-state index in [1.807, 2.05) is 24.4 Å². The van der Waals surface area contributed by atoms with E-state index in [9.17, 15) is 0 Å². The van der Waals surface area contributed by atoms with Crippen LogP contribution in [-0.2, 0) is 4.74 Å². The molecule has 0 saturated carbocycles. The standard InChI is InChI=1S/C16H18N4O2.C11H10ClN3O/c1-21-12-2-11(4-18-5-12)13-6-19-15(3-14(13)17)20-7-16(8-20)9-22-10-16;1-16-8-2-7(4-14-5-8)9-6-15-11(12)3-10(9)13/h2-6H,7-10H2,1H3,(H2,17,19);2-6H,1H3,(H2,13,15). The molecule has 2 fully saturated rings. The molecule has 0 unspecified atom stereocenters. The van der Waals surface area contributed by atoms with Crippen molar-refractivity contribution in [3.63, 3.8) is 0 Å². The summed E-state index contributed by atoms with van der Waals surface area (Å²) in [7, 11) is 3.21. The van der Waals surface area contributed by atoms with E-state index in [2.05, 4.69) is 24.8 Å². The van der Waals surface area contributed by atoms with Crippen molar-refractivity contribution < 1.29 is 14.2 Å². The second-order valence-electron chi connectivity index (χ2n) is 9.30. The van der Waals surface area contributed by atoms with Crippen LogP contribution in [0.25, 0.3) is 22.3 Å². The molecule has 0 aromatic carbocycles. The largest absolute Gasteiger partial charge is 0.495 e. The van der Waals surface area contributed by atoms with E-state index in [0.29, 0.717) is 33.4 Å². The Morgan fingerprint density at radius 1 is 0.789 bits per heavy atom. The van der Waals surface area contributed by atoms with E-state index in [4.69, 9.17) is 37.3 Å². The summed E-state index contributed by atoms with van der Waals surface area (Å²) in [5.74, 6) is 2.30. The fourth-order valence-corrected chi connectivity index (χ4v) is 4.58. The minimum Gasteiger partial charge on any atom is -0.495 e. The van der Waals surface area contributed by atoms with E-state index in [1.165, 1.54) is 0 Å². The molecule has 38 heavy (non-hydrogen) atoms. The summed E-state index contributed by atoms with van der Waals surface area (Å²) in [6.45, 7) is 3.73. The summed E-state index contributed by atoms with van der Waals surface area (Å²) in [6.07, 6.45) is 10.2. The van der Waals surface area contributed by atoms with Gasteiger partial charge in [0.2, 0.25) is 0 Å². The third-order valence-electron chi connectivity index (χ3n) is 6.54. The van der Waals surface area contributed by atoms with Gasteiger partial charge in [-0.05, 0) is 18.2 Å². The summed E-state index contributed by atoms with van der Waals surface area (Å²) in [5, 5.41) is 0.372. The highest BCUT2D eigenvalue weighted by atomic mass is 35.5. The highest BCUT2D eigenvalue weighted by molar-refractivity contribution is 6.29. The molecule has 2 aliphatic rings. The molecule has 6 heterocycles. The maximum absolute atomic E-state index is 6.22. The first-order valence-electron chi connectivity index (χ1n) is 11.9. The third kappa shape index (κ3) is 5.27. The molecule has 1 spiro atoms. The summed E-state index contributed by atoms with van der Waals surface area (Å²) in [4.78, 5) is 19.0. The number of methoxy groups -OCH3 is 2. The van der Waals surface area contributed by atoms with Gasteiger partial charge in [0, 0.05) is 77.6 Å². The van der Waals surface area contributed by atoms with Crippen molar-refractivity contribution in [2.75, 3.05) is 56.9 Å². The number of nitrogens with zero attached hydrogens (tertiary/aromatic N) is 5. The van der Waals surface area contributed by atoms with Crippen molar-refractivity contribution >= 4 is 28.8 Å². The van der Waals surface area contributed by atoms with Crippen LogP contribution in [-0.4, -0.2) is 60.5 Å². The Hall–Kier alpha value is -4.15. The summed E-state index contributed by atoms with van der Waals surface area (Å²) >= 11 is 5.73. The highest BCUT2D eigenvalue weighted by Gasteiger charge is 2.49. The van der Waals surface area contributed by atoms with Gasteiger partial charge < -0.3 is 30.6 Å². The van der Waals surface area contributed by atoms with Gasteiger partial charge in [0.25, 0.3) is 0 Å². The quantitative estimate of drug-likeness (QED) is 0.363. The number of nitrogen functional groups attached to an aromatic ring is 2. The lowest BCUT2D eigenvalue weighted by molar-refractivity contribution is -0.127. The minimum atomic E-state index is 0.367. The number of pyridine rings is 4. The van der Waals surface area contributed by atoms with Crippen LogP contribution in [0.2, 0.25) is 5.15 Å². The molecular weight excluding hydrogens is 506 g/mol. The Morgan fingerprint density at radius 3 is 1.82 bits per heavy atom. The average molecular weight is 534 g/mol. The van der Waals surface area contributed by atoms with Crippen molar-refractivity contribution in [2.45, 2.75) is 0 Å². The first kappa shape index (κ1) is 25.5. The van der Waals surface area contributed by atoms with Crippen molar-refractivity contribution in [1.82, 2.24) is 19.9 Å². The number of aromatic nitrogens is 4. The van der Waals surface area contributed by atoms with Crippen molar-refractivity contribution in [2.24, 2.45) is 5.41 Å². The number of halogens is 1. The van der Waals surface area contributed by atoms with Gasteiger partial charge in [-0.1, -0.05) is 11.6 Å². The number of rotatable bonds is 5. The number of nitrogens with two attached hydrogens (primary N) is 2. The van der Waals surface area contributed by atoms with Gasteiger partial charge in [0.15, 0.2) is 0 Å². The number of hydrogen-bond donors (Lipinski definition) is 2. The normalized spacial score (nSPS) is 15.1. The topological polar surface area (TPSA) is 135 Å². The van der Waals surface area contributed by atoms with Gasteiger partial charge in [0.1, 0.15) is 22.5 Å². The van der Waals surface area contributed by atoms with Crippen LogP contribution in [0.3, 0.4) is 0 Å². The molecule has 0 bridgehead atoms. The molecule has 0 aliphatic carbocycles. The predicted octanol–water partition coefficient (Wildman–Crippen LogP) is 3.96. The van der Waals surface area contributed by atoms with E-state index in [-0.39, 0.29) is 0 Å². The molecule has 0 amide bonds. The zero-order chi connectivity index (χ0) is 26.7. The monoisotopic (exact) mass is 533 g/mol. The minimum absolute atomic E-state index is 0.367. The maximum Gasteiger partial charge on any atom is 0.137 e. The third-order valence-corrected chi connectivity index (χ3v) is 6.74. The Kier molecular flexibility index (Phi) is 7.17. The van der Waals surface area contributed by atoms with Gasteiger partial charge in [-0.2, -0.15) is 0 Å². The van der Waals surface area contributed by atoms with Gasteiger partial charge in [-0.3, -0.25) is 9.97 Å². The first-order chi connectivity index (χ1) is 18.4. The fourth-order valence-electron chi connectivity index (χ4n) is 4.41. The Bertz CT molecular complexity index is 1440. The molecule has 4 aromatic heterocycles. The summed E-state index contributed by atoms with van der Waals surface area (Å²) < 4.78 is 15.6. The molecule has 4 N–H and O–H groups in total. The van der Waals surface area contributed by atoms with Crippen molar-refractivity contribution in [3.05, 3.63) is 66.6 Å². The van der Waals surface area contributed by atoms with E-state index in [1.54, 1.807) is 51.3 Å². The second-order valence-corrected chi connectivity index (χ2v) is 9.69. The smallest absolute Gasteiger partial charge is 0.137 e. The maximum atomic E-state index is 6.22. The molecule has 10 nitrogen and oxygen atoms in total. The Morgan fingerprint density at radius 2 is 1.34 bits per heavy atom. The number of hydrogen-bond acceptors (Lipinski definition) is 10. The van der Waals surface area contributed by atoms with Crippen LogP contribution in [0, 0.1) is 5.41 Å². The van der Waals surface area contributed by atoms with Crippen LogP contribution in [0.4, 0.5) is 17.2 Å². The highest BCUT2D eigenvalue weighted by Crippen LogP contribution is 2.40. The molecular formula is C27H28ClN7O3. The summed E-state index contributed by atoms with van der Waals surface area (Å²) in [6, 6.07) is 7.29. The molecule has 0 radical (unpaired) electrons. The van der Waals surface area contributed by atoms with Gasteiger partial charge in [-0.15, -0.1) is 0 Å². The lowest BCUT2D eigenvalue weighted by atomic mass is 9.78. The average Bonchev–Trinajstić information content (AvgIpc) is 2.87. The van der Waals surface area contributed by atoms with Gasteiger partial charge >= 0.3 is 0 Å². The molecule has 4 aromatic rings. The summed E-state index contributed by atoms with van der Waals surface area (Å²) in [5.41, 5.74) is 17.1. The van der Waals surface area contributed by atoms with E-state index >= 15 is 0 Å². The molecule has 2 aliphatic heterocycles. The van der Waals surface area contributed by atoms with Gasteiger partial charge in [0.05, 0.1) is 45.2 Å².